The molecule has 3 spiro atoms. The minimum Gasteiger partial charge on any atom is -0.316 e. The van der Waals surface area contributed by atoms with E-state index in [2.05, 4.69) is 524 Å². The first-order valence-corrected chi connectivity index (χ1v) is 49.9. The molecule has 0 saturated carbocycles. The summed E-state index contributed by atoms with van der Waals surface area (Å²) < 4.78 is 42.4. The van der Waals surface area contributed by atoms with E-state index in [4.69, 9.17) is 0 Å². The van der Waals surface area contributed by atoms with Gasteiger partial charge in [0.1, 0.15) is 67.0 Å². The molecule has 30 aromatic rings. The fourth-order valence-corrected chi connectivity index (χ4v) is 29.5. The van der Waals surface area contributed by atoms with Crippen molar-refractivity contribution in [3.05, 3.63) is 477 Å². The zero-order valence-corrected chi connectivity index (χ0v) is 77.6. The highest BCUT2D eigenvalue weighted by atomic mass is 15.6. The van der Waals surface area contributed by atoms with Gasteiger partial charge < -0.3 is 22.5 Å². The van der Waals surface area contributed by atoms with Crippen LogP contribution in [0.15, 0.2) is 432 Å². The number of rotatable bonds is 3. The zero-order valence-electron chi connectivity index (χ0n) is 77.6. The molecule has 0 amide bonds. The first kappa shape index (κ1) is 73.9. The van der Waals surface area contributed by atoms with E-state index in [1.807, 2.05) is 0 Å². The van der Waals surface area contributed by atoms with Crippen molar-refractivity contribution < 1.29 is 27.7 Å². The van der Waals surface area contributed by atoms with Crippen LogP contribution in [0.25, 0.3) is 238 Å². The lowest BCUT2D eigenvalue weighted by Crippen LogP contribution is -2.77. The first-order valence-electron chi connectivity index (χ1n) is 49.9. The standard InChI is InChI=1S/C45H29N5.2C41H24N6/c1-26-40(30-22-21-28-12-3-4-13-29(28)24-30)27(2)50-45-41-37(18-11-19-38(41)49(26)50)47-35-16-7-5-14-31(35)33-25-34-32-15-6-8-17-36(32)48(44(34)42(45)43(33)47)39-20-9-10-23-46(39)45;1-3-12-32-27(10-1)29-16-19-34-37-39(29)46(32)35-20-17-30-28-11-2-4-13-33(28)47-36-14-6-8-22-43(36)41(37,38(35)40(30)47)45-24-25(23-44(34)45)31-18-15-26-9-5-7-21-42(26)31;1-3-13-32-27(10-1)29-18-20-36-38-39(29)46(32)35-16-7-15-34-37(35)41(38,43-22-8-12-30-28-11-2-4-14-33(28)47(36)40(30)43)45-24-25(23-44(34)45)31-19-17-26-9-5-6-21-42(26)31/h3-25H,1-2H3;2*1-24H/q3*+2. The van der Waals surface area contributed by atoms with Gasteiger partial charge in [-0.3, -0.25) is 0 Å². The Morgan fingerprint density at radius 3 is 1.22 bits per heavy atom. The second-order valence-corrected chi connectivity index (χ2v) is 40.5. The lowest BCUT2D eigenvalue weighted by atomic mass is 9.82. The van der Waals surface area contributed by atoms with Crippen molar-refractivity contribution >= 4 is 153 Å². The summed E-state index contributed by atoms with van der Waals surface area (Å²) >= 11 is 0. The third-order valence-electron chi connectivity index (χ3n) is 34.4. The number of hydrogen-bond donors (Lipinski definition) is 0. The lowest BCUT2D eigenvalue weighted by molar-refractivity contribution is -0.995. The largest absolute Gasteiger partial charge is 0.394 e. The average molecular weight is 1840 g/mol. The molecule has 17 heteroatoms. The summed E-state index contributed by atoms with van der Waals surface area (Å²) in [5.41, 5.74) is 41.8. The van der Waals surface area contributed by atoms with Gasteiger partial charge in [0.2, 0.25) is 18.1 Å². The lowest BCUT2D eigenvalue weighted by Gasteiger charge is -2.33. The topological polar surface area (TPSA) is 76.5 Å². The quantitative estimate of drug-likeness (QED) is 0.158. The molecule has 16 aromatic heterocycles. The molecule has 9 aliphatic heterocycles. The Morgan fingerprint density at radius 2 is 0.653 bits per heavy atom. The van der Waals surface area contributed by atoms with Crippen LogP contribution in [0, 0.1) is 13.8 Å². The van der Waals surface area contributed by atoms with Crippen LogP contribution < -0.4 is 27.7 Å². The summed E-state index contributed by atoms with van der Waals surface area (Å²) in [6.07, 6.45) is 20.7. The number of pyridine rings is 5. The molecule has 9 aliphatic rings. The van der Waals surface area contributed by atoms with Crippen LogP contribution in [-0.2, 0) is 17.0 Å². The maximum Gasteiger partial charge on any atom is 0.394 e. The number of nitrogens with zero attached hydrogens (tertiary/aromatic N) is 17. The highest BCUT2D eigenvalue weighted by Crippen LogP contribution is 2.61. The highest BCUT2D eigenvalue weighted by molar-refractivity contribution is 6.24. The monoisotopic (exact) mass is 1840 g/mol. The summed E-state index contributed by atoms with van der Waals surface area (Å²) in [5.74, 6) is 2.33. The Morgan fingerprint density at radius 1 is 0.250 bits per heavy atom. The smallest absolute Gasteiger partial charge is 0.316 e. The predicted octanol–water partition coefficient (Wildman–Crippen LogP) is 23.7. The zero-order chi connectivity index (χ0) is 93.0. The van der Waals surface area contributed by atoms with E-state index in [0.29, 0.717) is 0 Å². The molecular formula is C127H77N17+6. The fraction of sp³-hybridized carbons (Fsp3) is 0.0394. The highest BCUT2D eigenvalue weighted by Gasteiger charge is 2.73. The van der Waals surface area contributed by atoms with E-state index in [1.54, 1.807) is 0 Å². The molecule has 0 fully saturated rings. The van der Waals surface area contributed by atoms with Gasteiger partial charge in [-0.15, -0.1) is 14.0 Å². The van der Waals surface area contributed by atoms with Crippen LogP contribution in [0.4, 0.5) is 0 Å². The van der Waals surface area contributed by atoms with Gasteiger partial charge in [0.05, 0.1) is 120 Å². The minimum absolute atomic E-state index is 0.652. The molecule has 664 valence electrons. The number of benzene rings is 14. The summed E-state index contributed by atoms with van der Waals surface area (Å²) in [6, 6.07) is 139. The van der Waals surface area contributed by atoms with Crippen molar-refractivity contribution in [2.24, 2.45) is 0 Å². The fourth-order valence-electron chi connectivity index (χ4n) is 29.5. The van der Waals surface area contributed by atoms with Crippen molar-refractivity contribution in [3.63, 3.8) is 0 Å². The average Bonchev–Trinajstić information content (AvgIpc) is 1.44. The summed E-state index contributed by atoms with van der Waals surface area (Å²) in [6.45, 7) is 4.65. The van der Waals surface area contributed by atoms with E-state index in [9.17, 15) is 0 Å². The molecule has 0 saturated heterocycles. The Hall–Kier alpha value is -19.3. The number of fused-ring (bicyclic) bond motifs is 35. The number of para-hydroxylation sites is 6. The van der Waals surface area contributed by atoms with Crippen molar-refractivity contribution in [2.75, 3.05) is 0 Å². The third kappa shape index (κ3) is 7.97. The predicted molar refractivity (Wildman–Crippen MR) is 564 cm³/mol. The number of hydrogen-bond acceptors (Lipinski definition) is 0. The van der Waals surface area contributed by atoms with Crippen LogP contribution in [-0.4, -0.2) is 50.2 Å². The van der Waals surface area contributed by atoms with E-state index in [1.165, 1.54) is 277 Å². The molecule has 39 rings (SSSR count). The third-order valence-corrected chi connectivity index (χ3v) is 34.4. The first-order chi connectivity index (χ1) is 71.3. The van der Waals surface area contributed by atoms with Crippen LogP contribution >= 0.6 is 0 Å². The summed E-state index contributed by atoms with van der Waals surface area (Å²) in [4.78, 5) is 0. The Balaban J connectivity index is 0.0000000889. The van der Waals surface area contributed by atoms with Crippen molar-refractivity contribution in [1.82, 2.24) is 50.2 Å². The molecule has 0 N–H and O–H groups in total. The molecule has 17 nitrogen and oxygen atoms in total. The van der Waals surface area contributed by atoms with Crippen LogP contribution in [0.3, 0.4) is 0 Å². The van der Waals surface area contributed by atoms with Crippen molar-refractivity contribution in [3.8, 4) is 85.1 Å². The van der Waals surface area contributed by atoms with E-state index in [0.717, 1.165) is 5.82 Å². The second-order valence-electron chi connectivity index (χ2n) is 40.5. The number of aromatic nitrogens is 17. The van der Waals surface area contributed by atoms with Gasteiger partial charge in [-0.1, -0.05) is 178 Å². The van der Waals surface area contributed by atoms with E-state index in [-0.39, 0.29) is 0 Å². The maximum absolute atomic E-state index is 2.64. The van der Waals surface area contributed by atoms with Gasteiger partial charge >= 0.3 is 22.6 Å². The van der Waals surface area contributed by atoms with Gasteiger partial charge in [-0.05, 0) is 223 Å². The van der Waals surface area contributed by atoms with Gasteiger partial charge in [-0.2, -0.15) is 27.4 Å². The summed E-state index contributed by atoms with van der Waals surface area (Å²) in [7, 11) is 0. The Kier molecular flexibility index (Phi) is 12.8. The Bertz CT molecular complexity index is 11300. The van der Waals surface area contributed by atoms with E-state index < -0.39 is 17.0 Å². The van der Waals surface area contributed by atoms with Gasteiger partial charge in [0.15, 0.2) is 16.7 Å². The van der Waals surface area contributed by atoms with Crippen LogP contribution in [0.1, 0.15) is 44.8 Å². The molecular weight excluding hydrogens is 1760 g/mol. The van der Waals surface area contributed by atoms with Crippen LogP contribution in [0.5, 0.6) is 0 Å². The van der Waals surface area contributed by atoms with Gasteiger partial charge in [0, 0.05) is 102 Å². The molecule has 14 aromatic carbocycles. The molecule has 25 heterocycles. The SMILES string of the molecule is Cc1c(-c2ccc3ccccc3c2)c(C)[n+]2n1-c1cccc3c1C21c2c4c(cc5c6ccccc6n(c25)-c2cccc[n+]21)c1ccccc1n4-3.c1cc2c3c(c1)-n1cc(-c4ccc5ccccn45)c[n+]1C31c3c(ccc4c5ccccc5n-2c34)-n2c3ccccc3c3ccc[n+]1c32.c1cc[n+]2c(c1)-n1c3ccccc3c3ccc4c(c31)C21c2c(ccc3c5ccccc5n-4c23)-n2cc(-c3ccc4ccccn34)c[n+]21. The van der Waals surface area contributed by atoms with Crippen LogP contribution in [0.2, 0.25) is 0 Å². The summed E-state index contributed by atoms with van der Waals surface area (Å²) in [5, 5.41) is 17.9. The van der Waals surface area contributed by atoms with E-state index >= 15 is 0 Å². The molecule has 3 atom stereocenters. The molecule has 3 unspecified atom stereocenters. The Labute approximate surface area is 817 Å². The van der Waals surface area contributed by atoms with Crippen molar-refractivity contribution in [1.29, 1.82) is 0 Å². The van der Waals surface area contributed by atoms with Crippen molar-refractivity contribution in [2.45, 2.75) is 30.8 Å². The van der Waals surface area contributed by atoms with Gasteiger partial charge in [0.25, 0.3) is 11.6 Å². The molecule has 0 bridgehead atoms. The maximum atomic E-state index is 2.64. The van der Waals surface area contributed by atoms with Gasteiger partial charge in [-0.25, -0.2) is 0 Å². The molecule has 0 radical (unpaired) electrons. The normalized spacial score (nSPS) is 16.5. The minimum atomic E-state index is -0.668. The second kappa shape index (κ2) is 24.9. The molecule has 0 aliphatic carbocycles. The molecule has 144 heavy (non-hydrogen) atoms.